The van der Waals surface area contributed by atoms with Gasteiger partial charge in [-0.2, -0.15) is 0 Å². The highest BCUT2D eigenvalue weighted by molar-refractivity contribution is 7.89. The van der Waals surface area contributed by atoms with Crippen molar-refractivity contribution in [3.63, 3.8) is 0 Å². The van der Waals surface area contributed by atoms with E-state index in [-0.39, 0.29) is 28.5 Å². The van der Waals surface area contributed by atoms with Gasteiger partial charge in [0.25, 0.3) is 0 Å². The fourth-order valence-corrected chi connectivity index (χ4v) is 4.96. The average Bonchev–Trinajstić information content (AvgIpc) is 2.80. The van der Waals surface area contributed by atoms with Crippen molar-refractivity contribution in [3.05, 3.63) is 60.2 Å². The minimum Gasteiger partial charge on any atom is -0.344 e. The van der Waals surface area contributed by atoms with Crippen molar-refractivity contribution in [1.29, 1.82) is 0 Å². The molecule has 2 aromatic rings. The molecule has 1 atom stereocenters. The summed E-state index contributed by atoms with van der Waals surface area (Å²) in [5.74, 6) is -0.350. The second kappa shape index (κ2) is 10.7. The maximum Gasteiger partial charge on any atom is 0.246 e. The van der Waals surface area contributed by atoms with Crippen molar-refractivity contribution in [2.24, 2.45) is 11.8 Å². The zero-order valence-corrected chi connectivity index (χ0v) is 19.3. The Hall–Kier alpha value is -2.71. The van der Waals surface area contributed by atoms with Crippen molar-refractivity contribution >= 4 is 27.5 Å². The van der Waals surface area contributed by atoms with Crippen LogP contribution in [0.2, 0.25) is 0 Å². The van der Waals surface area contributed by atoms with Crippen LogP contribution in [0.15, 0.2) is 59.5 Å². The first kappa shape index (κ1) is 23.9. The molecule has 3 rings (SSSR count). The summed E-state index contributed by atoms with van der Waals surface area (Å²) in [6.45, 7) is 4.01. The summed E-state index contributed by atoms with van der Waals surface area (Å²) < 4.78 is 27.4. The number of hydrogen-bond donors (Lipinski definition) is 3. The SMILES string of the molecule is Cc1ccc(NC(=O)[C@H](C)NC(=O)C2CCC(CNS(=O)(=O)c3ccccc3)CC2)cc1. The van der Waals surface area contributed by atoms with E-state index in [9.17, 15) is 18.0 Å². The van der Waals surface area contributed by atoms with Crippen LogP contribution in [-0.2, 0) is 19.6 Å². The van der Waals surface area contributed by atoms with Gasteiger partial charge < -0.3 is 10.6 Å². The first-order chi connectivity index (χ1) is 15.2. The Kier molecular flexibility index (Phi) is 8.04. The van der Waals surface area contributed by atoms with E-state index in [1.165, 1.54) is 0 Å². The van der Waals surface area contributed by atoms with Gasteiger partial charge in [0.15, 0.2) is 0 Å². The standard InChI is InChI=1S/C24H31N3O4S/c1-17-8-14-21(15-9-17)27-23(28)18(2)26-24(29)20-12-10-19(11-13-20)16-25-32(30,31)22-6-4-3-5-7-22/h3-9,14-15,18-20,25H,10-13,16H2,1-2H3,(H,26,29)(H,27,28)/t18-,19?,20?/m0/s1. The minimum atomic E-state index is -3.52. The highest BCUT2D eigenvalue weighted by Gasteiger charge is 2.29. The molecule has 0 radical (unpaired) electrons. The van der Waals surface area contributed by atoms with Gasteiger partial charge in [-0.05, 0) is 69.7 Å². The normalized spacial score (nSPS) is 19.7. The van der Waals surface area contributed by atoms with Crippen LogP contribution in [0.5, 0.6) is 0 Å². The Balaban J connectivity index is 1.42. The molecular formula is C24H31N3O4S. The highest BCUT2D eigenvalue weighted by atomic mass is 32.2. The monoisotopic (exact) mass is 457 g/mol. The Bertz CT molecular complexity index is 1010. The molecule has 1 fully saturated rings. The Morgan fingerprint density at radius 3 is 2.22 bits per heavy atom. The van der Waals surface area contributed by atoms with E-state index < -0.39 is 16.1 Å². The summed E-state index contributed by atoms with van der Waals surface area (Å²) in [5.41, 5.74) is 1.80. The van der Waals surface area contributed by atoms with E-state index in [2.05, 4.69) is 15.4 Å². The molecule has 2 amide bonds. The smallest absolute Gasteiger partial charge is 0.246 e. The predicted octanol–water partition coefficient (Wildman–Crippen LogP) is 3.22. The van der Waals surface area contributed by atoms with Gasteiger partial charge in [0.1, 0.15) is 6.04 Å². The van der Waals surface area contributed by atoms with E-state index in [0.717, 1.165) is 18.4 Å². The molecule has 1 aliphatic rings. The second-order valence-electron chi connectivity index (χ2n) is 8.47. The first-order valence-corrected chi connectivity index (χ1v) is 12.5. The van der Waals surface area contributed by atoms with Gasteiger partial charge in [-0.1, -0.05) is 35.9 Å². The van der Waals surface area contributed by atoms with Crippen LogP contribution in [0, 0.1) is 18.8 Å². The van der Waals surface area contributed by atoms with Crippen molar-refractivity contribution < 1.29 is 18.0 Å². The quantitative estimate of drug-likeness (QED) is 0.566. The Morgan fingerprint density at radius 2 is 1.59 bits per heavy atom. The van der Waals surface area contributed by atoms with Gasteiger partial charge in [-0.3, -0.25) is 9.59 Å². The number of benzene rings is 2. The van der Waals surface area contributed by atoms with Crippen LogP contribution >= 0.6 is 0 Å². The van der Waals surface area contributed by atoms with Crippen LogP contribution in [0.25, 0.3) is 0 Å². The Labute approximate surface area is 190 Å². The van der Waals surface area contributed by atoms with Gasteiger partial charge in [0.2, 0.25) is 21.8 Å². The molecule has 2 aromatic carbocycles. The minimum absolute atomic E-state index is 0.125. The van der Waals surface area contributed by atoms with Gasteiger partial charge >= 0.3 is 0 Å². The molecule has 0 bridgehead atoms. The molecule has 0 spiro atoms. The number of sulfonamides is 1. The second-order valence-corrected chi connectivity index (χ2v) is 10.2. The maximum atomic E-state index is 12.6. The van der Waals surface area contributed by atoms with E-state index >= 15 is 0 Å². The van der Waals surface area contributed by atoms with Gasteiger partial charge in [0, 0.05) is 18.2 Å². The predicted molar refractivity (Wildman–Crippen MR) is 124 cm³/mol. The lowest BCUT2D eigenvalue weighted by atomic mass is 9.81. The lowest BCUT2D eigenvalue weighted by Crippen LogP contribution is -2.45. The van der Waals surface area contributed by atoms with E-state index in [4.69, 9.17) is 0 Å². The van der Waals surface area contributed by atoms with Gasteiger partial charge in [-0.25, -0.2) is 13.1 Å². The molecule has 172 valence electrons. The fraction of sp³-hybridized carbons (Fsp3) is 0.417. The summed E-state index contributed by atoms with van der Waals surface area (Å²) in [5, 5.41) is 5.62. The molecule has 0 aromatic heterocycles. The molecule has 3 N–H and O–H groups in total. The van der Waals surface area contributed by atoms with Crippen LogP contribution in [-0.4, -0.2) is 32.8 Å². The molecule has 32 heavy (non-hydrogen) atoms. The molecule has 7 nitrogen and oxygen atoms in total. The van der Waals surface area contributed by atoms with Gasteiger partial charge in [0.05, 0.1) is 4.90 Å². The molecule has 0 aliphatic heterocycles. The third-order valence-corrected chi connectivity index (χ3v) is 7.34. The average molecular weight is 458 g/mol. The first-order valence-electron chi connectivity index (χ1n) is 11.0. The fourth-order valence-electron chi connectivity index (χ4n) is 3.82. The van der Waals surface area contributed by atoms with Crippen LogP contribution in [0.4, 0.5) is 5.69 Å². The molecule has 0 unspecified atom stereocenters. The number of hydrogen-bond acceptors (Lipinski definition) is 4. The molecular weight excluding hydrogens is 426 g/mol. The zero-order chi connectivity index (χ0) is 23.1. The van der Waals surface area contributed by atoms with Crippen molar-refractivity contribution in [3.8, 4) is 0 Å². The van der Waals surface area contributed by atoms with Crippen molar-refractivity contribution in [2.45, 2.75) is 50.5 Å². The molecule has 8 heteroatoms. The van der Waals surface area contributed by atoms with Gasteiger partial charge in [-0.15, -0.1) is 0 Å². The largest absolute Gasteiger partial charge is 0.344 e. The lowest BCUT2D eigenvalue weighted by Gasteiger charge is -2.28. The molecule has 1 saturated carbocycles. The maximum absolute atomic E-state index is 12.6. The molecule has 0 saturated heterocycles. The zero-order valence-electron chi connectivity index (χ0n) is 18.5. The number of nitrogens with one attached hydrogen (secondary N) is 3. The Morgan fingerprint density at radius 1 is 0.969 bits per heavy atom. The summed E-state index contributed by atoms with van der Waals surface area (Å²) >= 11 is 0. The number of aryl methyl sites for hydroxylation is 1. The number of carbonyl (C=O) groups excluding carboxylic acids is 2. The molecule has 0 heterocycles. The lowest BCUT2D eigenvalue weighted by molar-refractivity contribution is -0.129. The summed E-state index contributed by atoms with van der Waals surface area (Å²) in [4.78, 5) is 25.2. The summed E-state index contributed by atoms with van der Waals surface area (Å²) in [7, 11) is -3.52. The number of anilines is 1. The number of carbonyl (C=O) groups is 2. The van der Waals surface area contributed by atoms with Crippen molar-refractivity contribution in [1.82, 2.24) is 10.0 Å². The molecule has 1 aliphatic carbocycles. The van der Waals surface area contributed by atoms with E-state index in [0.29, 0.717) is 25.1 Å². The van der Waals surface area contributed by atoms with E-state index in [1.807, 2.05) is 31.2 Å². The summed E-state index contributed by atoms with van der Waals surface area (Å²) in [6, 6.07) is 15.1. The van der Waals surface area contributed by atoms with E-state index in [1.54, 1.807) is 37.3 Å². The third-order valence-electron chi connectivity index (χ3n) is 5.90. The topological polar surface area (TPSA) is 104 Å². The van der Waals surface area contributed by atoms with Crippen LogP contribution < -0.4 is 15.4 Å². The number of amides is 2. The van der Waals surface area contributed by atoms with Crippen LogP contribution in [0.3, 0.4) is 0 Å². The highest BCUT2D eigenvalue weighted by Crippen LogP contribution is 2.29. The summed E-state index contributed by atoms with van der Waals surface area (Å²) in [6.07, 6.45) is 2.88. The van der Waals surface area contributed by atoms with Crippen molar-refractivity contribution in [2.75, 3.05) is 11.9 Å². The van der Waals surface area contributed by atoms with Crippen LogP contribution in [0.1, 0.15) is 38.2 Å². The number of rotatable bonds is 8. The third kappa shape index (κ3) is 6.64.